The van der Waals surface area contributed by atoms with Gasteiger partial charge in [-0.15, -0.1) is 0 Å². The van der Waals surface area contributed by atoms with Crippen molar-refractivity contribution >= 4 is 25.7 Å². The molecule has 0 radical (unpaired) electrons. The molecule has 0 bridgehead atoms. The Morgan fingerprint density at radius 3 is 1.40 bits per heavy atom. The summed E-state index contributed by atoms with van der Waals surface area (Å²) in [6, 6.07) is -1.54. The quantitative estimate of drug-likeness (QED) is 0.0200. The van der Waals surface area contributed by atoms with E-state index in [-0.39, 0.29) is 12.8 Å². The lowest BCUT2D eigenvalue weighted by molar-refractivity contribution is -0.147. The van der Waals surface area contributed by atoms with Gasteiger partial charge in [0.15, 0.2) is 6.04 Å². The second-order valence-corrected chi connectivity index (χ2v) is 18.1. The van der Waals surface area contributed by atoms with Gasteiger partial charge in [-0.05, 0) is 38.5 Å². The van der Waals surface area contributed by atoms with E-state index in [4.69, 9.17) is 13.8 Å². The first-order valence-electron chi connectivity index (χ1n) is 24.4. The molecule has 0 rings (SSSR count). The van der Waals surface area contributed by atoms with Crippen LogP contribution in [0.2, 0.25) is 0 Å². The fraction of sp³-hybridized carbons (Fsp3) is 0.854. The third-order valence-electron chi connectivity index (χ3n) is 10.7. The van der Waals surface area contributed by atoms with Gasteiger partial charge in [0, 0.05) is 12.8 Å². The lowest BCUT2D eigenvalue weighted by Gasteiger charge is -2.18. The molecule has 352 valence electrons. The Hall–Kier alpha value is -2.04. The van der Waals surface area contributed by atoms with Crippen LogP contribution in [-0.4, -0.2) is 64.9 Å². The molecule has 0 spiro atoms. The summed E-state index contributed by atoms with van der Waals surface area (Å²) in [5.74, 6) is -2.37. The number of carboxylic acids is 1. The number of rotatable bonds is 46. The molecule has 3 unspecified atom stereocenters. The average Bonchev–Trinajstić information content (AvgIpc) is 3.22. The lowest BCUT2D eigenvalue weighted by atomic mass is 10.0. The van der Waals surface area contributed by atoms with Gasteiger partial charge in [0.1, 0.15) is 12.7 Å². The molecule has 4 N–H and O–H groups in total. The number of carbonyl (C=O) groups is 3. The van der Waals surface area contributed by atoms with E-state index in [0.29, 0.717) is 12.8 Å². The SMILES string of the molecule is CCCC/C=C\C/C=C\CCCCCCCC(=O)OCC(O)COP(=O)(O)OCC(NC(=O)CCCCCCCCCCCCCCCCCCCCCCCC)C(=O)O. The van der Waals surface area contributed by atoms with Crippen molar-refractivity contribution in [1.29, 1.82) is 0 Å². The van der Waals surface area contributed by atoms with Gasteiger partial charge in [0.05, 0.1) is 13.2 Å². The zero-order chi connectivity index (χ0) is 44.2. The van der Waals surface area contributed by atoms with Gasteiger partial charge >= 0.3 is 19.8 Å². The zero-order valence-electron chi connectivity index (χ0n) is 38.3. The molecule has 11 nitrogen and oxygen atoms in total. The summed E-state index contributed by atoms with van der Waals surface area (Å²) in [5, 5.41) is 21.9. The van der Waals surface area contributed by atoms with Crippen LogP contribution in [0.4, 0.5) is 0 Å². The summed E-state index contributed by atoms with van der Waals surface area (Å²) >= 11 is 0. The van der Waals surface area contributed by atoms with Crippen molar-refractivity contribution in [2.24, 2.45) is 0 Å². The molecular weight excluding hydrogens is 781 g/mol. The molecule has 0 aliphatic rings. The fourth-order valence-electron chi connectivity index (χ4n) is 6.92. The molecule has 0 fully saturated rings. The first-order valence-corrected chi connectivity index (χ1v) is 25.9. The van der Waals surface area contributed by atoms with Gasteiger partial charge in [-0.25, -0.2) is 9.36 Å². The minimum Gasteiger partial charge on any atom is -0.480 e. The number of aliphatic carboxylic acids is 1. The number of aliphatic hydroxyl groups excluding tert-OH is 1. The summed E-state index contributed by atoms with van der Waals surface area (Å²) in [5.41, 5.74) is 0. The number of ether oxygens (including phenoxy) is 1. The van der Waals surface area contributed by atoms with E-state index in [9.17, 15) is 34.1 Å². The van der Waals surface area contributed by atoms with Crippen molar-refractivity contribution in [3.05, 3.63) is 24.3 Å². The highest BCUT2D eigenvalue weighted by molar-refractivity contribution is 7.47. The van der Waals surface area contributed by atoms with E-state index >= 15 is 0 Å². The van der Waals surface area contributed by atoms with Gasteiger partial charge in [-0.1, -0.05) is 205 Å². The number of hydrogen-bond donors (Lipinski definition) is 4. The van der Waals surface area contributed by atoms with Gasteiger partial charge < -0.3 is 25.2 Å². The molecule has 0 saturated heterocycles. The molecule has 0 saturated carbocycles. The fourth-order valence-corrected chi connectivity index (χ4v) is 7.69. The van der Waals surface area contributed by atoms with E-state index in [0.717, 1.165) is 64.2 Å². The Kier molecular flexibility index (Phi) is 42.1. The molecular formula is C48H90NO10P. The Labute approximate surface area is 366 Å². The maximum atomic E-state index is 12.4. The maximum absolute atomic E-state index is 12.4. The van der Waals surface area contributed by atoms with Crippen LogP contribution in [0, 0.1) is 0 Å². The summed E-state index contributed by atoms with van der Waals surface area (Å²) in [7, 11) is -4.76. The van der Waals surface area contributed by atoms with Crippen LogP contribution in [0.1, 0.15) is 232 Å². The van der Waals surface area contributed by atoms with E-state index in [2.05, 4.69) is 43.5 Å². The minimum absolute atomic E-state index is 0.149. The van der Waals surface area contributed by atoms with Crippen molar-refractivity contribution < 1.29 is 47.8 Å². The second kappa shape index (κ2) is 43.6. The predicted molar refractivity (Wildman–Crippen MR) is 245 cm³/mol. The van der Waals surface area contributed by atoms with Gasteiger partial charge in [0.25, 0.3) is 0 Å². The number of hydrogen-bond acceptors (Lipinski definition) is 8. The number of allylic oxidation sites excluding steroid dienone is 4. The van der Waals surface area contributed by atoms with Crippen LogP contribution in [-0.2, 0) is 32.7 Å². The highest BCUT2D eigenvalue weighted by Crippen LogP contribution is 2.43. The van der Waals surface area contributed by atoms with E-state index in [1.165, 1.54) is 128 Å². The topological polar surface area (TPSA) is 169 Å². The van der Waals surface area contributed by atoms with Crippen LogP contribution in [0.5, 0.6) is 0 Å². The molecule has 3 atom stereocenters. The maximum Gasteiger partial charge on any atom is 0.472 e. The average molecular weight is 872 g/mol. The van der Waals surface area contributed by atoms with Crippen molar-refractivity contribution in [1.82, 2.24) is 5.32 Å². The Morgan fingerprint density at radius 1 is 0.533 bits per heavy atom. The Balaban J connectivity index is 3.82. The molecule has 0 aromatic rings. The first-order chi connectivity index (χ1) is 29.1. The number of aliphatic hydroxyl groups is 1. The number of amides is 1. The van der Waals surface area contributed by atoms with Crippen molar-refractivity contribution in [2.45, 2.75) is 244 Å². The van der Waals surface area contributed by atoms with Gasteiger partial charge in [0.2, 0.25) is 5.91 Å². The molecule has 0 aromatic heterocycles. The molecule has 12 heteroatoms. The summed E-state index contributed by atoms with van der Waals surface area (Å²) in [4.78, 5) is 46.0. The third-order valence-corrected chi connectivity index (χ3v) is 11.7. The summed E-state index contributed by atoms with van der Waals surface area (Å²) in [6.07, 6.45) is 46.3. The van der Waals surface area contributed by atoms with Gasteiger partial charge in [-0.3, -0.25) is 18.6 Å². The predicted octanol–water partition coefficient (Wildman–Crippen LogP) is 13.0. The van der Waals surface area contributed by atoms with E-state index < -0.39 is 57.6 Å². The van der Waals surface area contributed by atoms with Gasteiger partial charge in [-0.2, -0.15) is 0 Å². The Morgan fingerprint density at radius 2 is 0.933 bits per heavy atom. The number of phosphoric acid groups is 1. The highest BCUT2D eigenvalue weighted by Gasteiger charge is 2.28. The number of carbonyl (C=O) groups excluding carboxylic acids is 2. The zero-order valence-corrected chi connectivity index (χ0v) is 39.2. The minimum atomic E-state index is -4.76. The highest BCUT2D eigenvalue weighted by atomic mass is 31.2. The number of phosphoric ester groups is 1. The second-order valence-electron chi connectivity index (χ2n) is 16.7. The van der Waals surface area contributed by atoms with Crippen molar-refractivity contribution in [3.63, 3.8) is 0 Å². The molecule has 0 heterocycles. The van der Waals surface area contributed by atoms with Crippen LogP contribution < -0.4 is 5.32 Å². The normalized spacial score (nSPS) is 13.8. The van der Waals surface area contributed by atoms with Crippen LogP contribution in [0.15, 0.2) is 24.3 Å². The number of nitrogens with one attached hydrogen (secondary N) is 1. The Bertz CT molecular complexity index is 1120. The number of unbranched alkanes of at least 4 members (excludes halogenated alkanes) is 28. The van der Waals surface area contributed by atoms with Crippen LogP contribution in [0.3, 0.4) is 0 Å². The summed E-state index contributed by atoms with van der Waals surface area (Å²) < 4.78 is 26.9. The standard InChI is InChI=1S/C48H90NO10P/c1-3-5-7-9-11-13-15-17-19-20-21-22-23-24-25-26-27-29-31-33-35-37-39-46(51)49-45(48(53)54)43-59-60(55,56)58-42-44(50)41-57-47(52)40-38-36-34-32-30-28-18-16-14-12-10-8-6-4-2/h10,12,16,18,44-45,50H,3-9,11,13-15,17,19-43H2,1-2H3,(H,49,51)(H,53,54)(H,55,56)/b12-10-,18-16-. The largest absolute Gasteiger partial charge is 0.480 e. The lowest BCUT2D eigenvalue weighted by Crippen LogP contribution is -2.43. The molecule has 0 aromatic carbocycles. The first kappa shape index (κ1) is 58.0. The van der Waals surface area contributed by atoms with E-state index in [1.807, 2.05) is 0 Å². The summed E-state index contributed by atoms with van der Waals surface area (Å²) in [6.45, 7) is 2.57. The smallest absolute Gasteiger partial charge is 0.472 e. The van der Waals surface area contributed by atoms with Crippen LogP contribution >= 0.6 is 7.82 Å². The number of carboxylic acid groups (broad SMARTS) is 1. The molecule has 0 aliphatic carbocycles. The molecule has 1 amide bonds. The van der Waals surface area contributed by atoms with Crippen molar-refractivity contribution in [2.75, 3.05) is 19.8 Å². The molecule has 60 heavy (non-hydrogen) atoms. The molecule has 0 aliphatic heterocycles. The number of esters is 1. The third kappa shape index (κ3) is 42.6. The van der Waals surface area contributed by atoms with E-state index in [1.54, 1.807) is 0 Å². The monoisotopic (exact) mass is 872 g/mol. The van der Waals surface area contributed by atoms with Crippen molar-refractivity contribution in [3.8, 4) is 0 Å². The van der Waals surface area contributed by atoms with Crippen LogP contribution in [0.25, 0.3) is 0 Å².